The fourth-order valence-electron chi connectivity index (χ4n) is 2.09. The Bertz CT molecular complexity index is 576. The molecule has 0 bridgehead atoms. The molecule has 2 aromatic rings. The van der Waals surface area contributed by atoms with E-state index in [9.17, 15) is 0 Å². The van der Waals surface area contributed by atoms with Crippen molar-refractivity contribution in [3.8, 4) is 17.1 Å². The molecule has 0 aliphatic rings. The molecule has 0 amide bonds. The first kappa shape index (κ1) is 13.5. The molecule has 2 rings (SSSR count). The molecule has 0 saturated heterocycles. The maximum atomic E-state index is 5.56. The minimum absolute atomic E-state index is 0.234. The summed E-state index contributed by atoms with van der Waals surface area (Å²) < 4.78 is 10.6. The van der Waals surface area contributed by atoms with Crippen LogP contribution < -0.4 is 10.5 Å². The summed E-state index contributed by atoms with van der Waals surface area (Å²) in [6.45, 7) is 6.48. The Morgan fingerprint density at radius 3 is 2.63 bits per heavy atom. The molecule has 0 atom stereocenters. The highest BCUT2D eigenvalue weighted by atomic mass is 16.5. The molecule has 5 nitrogen and oxygen atoms in total. The summed E-state index contributed by atoms with van der Waals surface area (Å²) in [5.74, 6) is 2.11. The van der Waals surface area contributed by atoms with Crippen molar-refractivity contribution in [3.05, 3.63) is 29.2 Å². The van der Waals surface area contributed by atoms with Crippen molar-refractivity contribution >= 4 is 0 Å². The van der Waals surface area contributed by atoms with Crippen molar-refractivity contribution in [1.82, 2.24) is 10.1 Å². The average Bonchev–Trinajstić information content (AvgIpc) is 2.86. The molecular weight excluding hydrogens is 242 g/mol. The van der Waals surface area contributed by atoms with E-state index < -0.39 is 0 Å². The predicted molar refractivity (Wildman–Crippen MR) is 73.0 cm³/mol. The first-order valence-corrected chi connectivity index (χ1v) is 6.29. The van der Waals surface area contributed by atoms with Crippen LogP contribution in [0.25, 0.3) is 11.4 Å². The Kier molecular flexibility index (Phi) is 3.85. The maximum Gasteiger partial charge on any atom is 0.240 e. The van der Waals surface area contributed by atoms with Gasteiger partial charge in [-0.3, -0.25) is 0 Å². The van der Waals surface area contributed by atoms with Gasteiger partial charge in [-0.2, -0.15) is 4.98 Å². The molecule has 1 aromatic carbocycles. The van der Waals surface area contributed by atoms with E-state index in [1.165, 1.54) is 0 Å². The fourth-order valence-corrected chi connectivity index (χ4v) is 2.09. The molecule has 0 saturated carbocycles. The van der Waals surface area contributed by atoms with Gasteiger partial charge in [0, 0.05) is 0 Å². The summed E-state index contributed by atoms with van der Waals surface area (Å²) in [5.41, 5.74) is 8.55. The smallest absolute Gasteiger partial charge is 0.240 e. The van der Waals surface area contributed by atoms with Gasteiger partial charge in [-0.1, -0.05) is 31.1 Å². The normalized spacial score (nSPS) is 11.1. The van der Waals surface area contributed by atoms with Crippen LogP contribution in [0.1, 0.15) is 36.8 Å². The highest BCUT2D eigenvalue weighted by Crippen LogP contribution is 2.37. The molecule has 0 aliphatic carbocycles. The zero-order chi connectivity index (χ0) is 14.0. The zero-order valence-electron chi connectivity index (χ0n) is 11.7. The molecule has 1 heterocycles. The summed E-state index contributed by atoms with van der Waals surface area (Å²) in [6.07, 6.45) is 0. The van der Waals surface area contributed by atoms with Crippen molar-refractivity contribution in [2.45, 2.75) is 33.2 Å². The minimum Gasteiger partial charge on any atom is -0.496 e. The second-order valence-corrected chi connectivity index (χ2v) is 4.75. The van der Waals surface area contributed by atoms with E-state index in [4.69, 9.17) is 15.0 Å². The number of hydrogen-bond donors (Lipinski definition) is 1. The third-order valence-corrected chi connectivity index (χ3v) is 3.09. The molecule has 0 radical (unpaired) electrons. The number of ether oxygens (including phenoxy) is 1. The van der Waals surface area contributed by atoms with Crippen LogP contribution in [0.4, 0.5) is 0 Å². The van der Waals surface area contributed by atoms with Crippen molar-refractivity contribution in [3.63, 3.8) is 0 Å². The van der Waals surface area contributed by atoms with Crippen LogP contribution in [0.2, 0.25) is 0 Å². The molecule has 0 spiro atoms. The van der Waals surface area contributed by atoms with Crippen LogP contribution in [0.15, 0.2) is 16.7 Å². The second-order valence-electron chi connectivity index (χ2n) is 4.75. The number of benzene rings is 1. The van der Waals surface area contributed by atoms with Gasteiger partial charge in [-0.05, 0) is 24.0 Å². The summed E-state index contributed by atoms with van der Waals surface area (Å²) in [5, 5.41) is 3.98. The van der Waals surface area contributed by atoms with Crippen LogP contribution in [0.5, 0.6) is 5.75 Å². The van der Waals surface area contributed by atoms with Gasteiger partial charge in [0.05, 0.1) is 19.2 Å². The van der Waals surface area contributed by atoms with Gasteiger partial charge in [0.15, 0.2) is 0 Å². The Morgan fingerprint density at radius 1 is 1.37 bits per heavy atom. The quantitative estimate of drug-likeness (QED) is 0.915. The van der Waals surface area contributed by atoms with Crippen LogP contribution in [-0.4, -0.2) is 17.3 Å². The first-order valence-electron chi connectivity index (χ1n) is 6.29. The number of nitrogens with two attached hydrogens (primary N) is 1. The molecule has 0 aliphatic heterocycles. The standard InChI is InChI=1S/C14H19N3O2/c1-8(2)10-6-5-9(3)12(13(10)18-4)14-16-11(7-15)19-17-14/h5-6,8H,7,15H2,1-4H3. The monoisotopic (exact) mass is 261 g/mol. The lowest BCUT2D eigenvalue weighted by Crippen LogP contribution is -2.00. The van der Waals surface area contributed by atoms with Crippen molar-refractivity contribution in [1.29, 1.82) is 0 Å². The molecule has 19 heavy (non-hydrogen) atoms. The molecule has 102 valence electrons. The van der Waals surface area contributed by atoms with E-state index in [1.54, 1.807) is 7.11 Å². The van der Waals surface area contributed by atoms with E-state index in [0.29, 0.717) is 17.6 Å². The third-order valence-electron chi connectivity index (χ3n) is 3.09. The second kappa shape index (κ2) is 5.40. The number of aryl methyl sites for hydroxylation is 1. The third kappa shape index (κ3) is 2.46. The topological polar surface area (TPSA) is 74.2 Å². The largest absolute Gasteiger partial charge is 0.496 e. The average molecular weight is 261 g/mol. The first-order chi connectivity index (χ1) is 9.08. The molecular formula is C14H19N3O2. The molecule has 5 heteroatoms. The number of hydrogen-bond acceptors (Lipinski definition) is 5. The van der Waals surface area contributed by atoms with Gasteiger partial charge in [0.2, 0.25) is 11.7 Å². The van der Waals surface area contributed by atoms with Crippen LogP contribution in [-0.2, 0) is 6.54 Å². The predicted octanol–water partition coefficient (Wildman–Crippen LogP) is 2.64. The van der Waals surface area contributed by atoms with E-state index in [2.05, 4.69) is 30.1 Å². The Morgan fingerprint density at radius 2 is 2.11 bits per heavy atom. The summed E-state index contributed by atoms with van der Waals surface area (Å²) >= 11 is 0. The van der Waals surface area contributed by atoms with Gasteiger partial charge in [0.1, 0.15) is 5.75 Å². The minimum atomic E-state index is 0.234. The molecule has 0 unspecified atom stereocenters. The van der Waals surface area contributed by atoms with Gasteiger partial charge in [0.25, 0.3) is 0 Å². The number of nitrogens with zero attached hydrogens (tertiary/aromatic N) is 2. The van der Waals surface area contributed by atoms with E-state index in [-0.39, 0.29) is 6.54 Å². The van der Waals surface area contributed by atoms with Crippen LogP contribution in [0.3, 0.4) is 0 Å². The van der Waals surface area contributed by atoms with E-state index in [1.807, 2.05) is 13.0 Å². The van der Waals surface area contributed by atoms with Gasteiger partial charge in [-0.25, -0.2) is 0 Å². The molecule has 1 aromatic heterocycles. The Labute approximate surface area is 112 Å². The van der Waals surface area contributed by atoms with Crippen molar-refractivity contribution in [2.24, 2.45) is 5.73 Å². The highest BCUT2D eigenvalue weighted by Gasteiger charge is 2.19. The van der Waals surface area contributed by atoms with Crippen LogP contribution >= 0.6 is 0 Å². The van der Waals surface area contributed by atoms with E-state index >= 15 is 0 Å². The number of methoxy groups -OCH3 is 1. The summed E-state index contributed by atoms with van der Waals surface area (Å²) in [6, 6.07) is 4.12. The molecule has 2 N–H and O–H groups in total. The summed E-state index contributed by atoms with van der Waals surface area (Å²) in [7, 11) is 1.66. The van der Waals surface area contributed by atoms with E-state index in [0.717, 1.165) is 22.4 Å². The fraction of sp³-hybridized carbons (Fsp3) is 0.429. The lowest BCUT2D eigenvalue weighted by atomic mass is 9.95. The number of aromatic nitrogens is 2. The van der Waals surface area contributed by atoms with Crippen LogP contribution in [0, 0.1) is 6.92 Å². The zero-order valence-corrected chi connectivity index (χ0v) is 11.7. The summed E-state index contributed by atoms with van der Waals surface area (Å²) in [4.78, 5) is 4.29. The van der Waals surface area contributed by atoms with Crippen molar-refractivity contribution < 1.29 is 9.26 Å². The maximum absolute atomic E-state index is 5.56. The molecule has 0 fully saturated rings. The number of rotatable bonds is 4. The van der Waals surface area contributed by atoms with Gasteiger partial charge in [-0.15, -0.1) is 0 Å². The van der Waals surface area contributed by atoms with Gasteiger partial charge >= 0.3 is 0 Å². The van der Waals surface area contributed by atoms with Crippen molar-refractivity contribution in [2.75, 3.05) is 7.11 Å². The SMILES string of the molecule is COc1c(C(C)C)ccc(C)c1-c1noc(CN)n1. The highest BCUT2D eigenvalue weighted by molar-refractivity contribution is 5.70. The lowest BCUT2D eigenvalue weighted by Gasteiger charge is -2.16. The lowest BCUT2D eigenvalue weighted by molar-refractivity contribution is 0.379. The Balaban J connectivity index is 2.63. The van der Waals surface area contributed by atoms with Gasteiger partial charge < -0.3 is 15.0 Å². The Hall–Kier alpha value is -1.88.